The lowest BCUT2D eigenvalue weighted by atomic mass is 9.94. The minimum atomic E-state index is -0.834. The van der Waals surface area contributed by atoms with Crippen LogP contribution in [0.4, 0.5) is 0 Å². The van der Waals surface area contributed by atoms with Crippen LogP contribution in [0.1, 0.15) is 62.4 Å². The second kappa shape index (κ2) is 7.21. The molecule has 3 rings (SSSR count). The van der Waals surface area contributed by atoms with Gasteiger partial charge in [0.25, 0.3) is 5.91 Å². The molecule has 0 bridgehead atoms. The summed E-state index contributed by atoms with van der Waals surface area (Å²) in [5.41, 5.74) is 1.17. The van der Waals surface area contributed by atoms with Crippen molar-refractivity contribution in [3.8, 4) is 0 Å². The molecular formula is C18H24N4O3. The van der Waals surface area contributed by atoms with Gasteiger partial charge < -0.3 is 10.4 Å². The summed E-state index contributed by atoms with van der Waals surface area (Å²) >= 11 is 0. The van der Waals surface area contributed by atoms with E-state index < -0.39 is 11.9 Å². The van der Waals surface area contributed by atoms with Crippen molar-refractivity contribution in [3.05, 3.63) is 24.0 Å². The number of rotatable bonds is 4. The molecule has 7 heteroatoms. The average Bonchev–Trinajstić information content (AvgIpc) is 2.86. The minimum absolute atomic E-state index is 0.187. The number of carbonyl (C=O) groups is 2. The summed E-state index contributed by atoms with van der Waals surface area (Å²) in [6.07, 6.45) is 7.38. The van der Waals surface area contributed by atoms with E-state index in [-0.39, 0.29) is 18.0 Å². The Balaban J connectivity index is 1.80. The van der Waals surface area contributed by atoms with E-state index in [0.717, 1.165) is 30.3 Å². The number of carbonyl (C=O) groups excluding carboxylic acids is 1. The molecule has 1 fully saturated rings. The van der Waals surface area contributed by atoms with Crippen LogP contribution in [-0.2, 0) is 4.79 Å². The summed E-state index contributed by atoms with van der Waals surface area (Å²) in [5.74, 6) is -1.63. The highest BCUT2D eigenvalue weighted by molar-refractivity contribution is 5.97. The fourth-order valence-corrected chi connectivity index (χ4v) is 3.47. The normalized spacial score (nSPS) is 21.2. The van der Waals surface area contributed by atoms with E-state index in [0.29, 0.717) is 18.4 Å². The Bertz CT molecular complexity index is 784. The number of nitrogens with zero attached hydrogens (tertiary/aromatic N) is 3. The van der Waals surface area contributed by atoms with Crippen molar-refractivity contribution in [1.29, 1.82) is 0 Å². The largest absolute Gasteiger partial charge is 0.481 e. The van der Waals surface area contributed by atoms with Gasteiger partial charge in [-0.25, -0.2) is 9.67 Å². The maximum atomic E-state index is 12.6. The molecule has 7 nitrogen and oxygen atoms in total. The first-order chi connectivity index (χ1) is 12.0. The van der Waals surface area contributed by atoms with Gasteiger partial charge in [0, 0.05) is 23.7 Å². The quantitative estimate of drug-likeness (QED) is 0.831. The maximum Gasteiger partial charge on any atom is 0.308 e. The van der Waals surface area contributed by atoms with Crippen LogP contribution in [-0.4, -0.2) is 37.8 Å². The molecule has 2 heterocycles. The third-order valence-corrected chi connectivity index (χ3v) is 4.83. The monoisotopic (exact) mass is 344 g/mol. The topological polar surface area (TPSA) is 97.1 Å². The predicted molar refractivity (Wildman–Crippen MR) is 93.4 cm³/mol. The van der Waals surface area contributed by atoms with E-state index in [4.69, 9.17) is 0 Å². The van der Waals surface area contributed by atoms with Crippen molar-refractivity contribution in [3.63, 3.8) is 0 Å². The van der Waals surface area contributed by atoms with Crippen LogP contribution in [0.3, 0.4) is 0 Å². The number of hydrogen-bond acceptors (Lipinski definition) is 4. The van der Waals surface area contributed by atoms with E-state index in [2.05, 4.69) is 15.4 Å². The molecule has 0 radical (unpaired) electrons. The Morgan fingerprint density at radius 3 is 2.72 bits per heavy atom. The van der Waals surface area contributed by atoms with Crippen LogP contribution in [0.2, 0.25) is 0 Å². The van der Waals surface area contributed by atoms with Crippen molar-refractivity contribution in [2.75, 3.05) is 0 Å². The number of pyridine rings is 1. The molecule has 2 aromatic heterocycles. The molecule has 0 saturated heterocycles. The van der Waals surface area contributed by atoms with Gasteiger partial charge in [-0.15, -0.1) is 0 Å². The van der Waals surface area contributed by atoms with Crippen LogP contribution in [0, 0.1) is 5.92 Å². The van der Waals surface area contributed by atoms with E-state index in [1.165, 1.54) is 6.20 Å². The van der Waals surface area contributed by atoms with Crippen LogP contribution in [0.25, 0.3) is 11.0 Å². The molecule has 1 saturated carbocycles. The Morgan fingerprint density at radius 2 is 2.00 bits per heavy atom. The molecule has 0 aromatic carbocycles. The molecular weight excluding hydrogens is 320 g/mol. The molecule has 1 amide bonds. The number of carboxylic acids is 1. The van der Waals surface area contributed by atoms with Crippen molar-refractivity contribution in [1.82, 2.24) is 20.1 Å². The fraction of sp³-hybridized carbons (Fsp3) is 0.556. The zero-order valence-corrected chi connectivity index (χ0v) is 14.6. The highest BCUT2D eigenvalue weighted by Gasteiger charge is 2.30. The summed E-state index contributed by atoms with van der Waals surface area (Å²) in [6, 6.07) is 1.62. The second-order valence-electron chi connectivity index (χ2n) is 6.98. The first kappa shape index (κ1) is 17.4. The first-order valence-corrected chi connectivity index (χ1v) is 8.84. The summed E-state index contributed by atoms with van der Waals surface area (Å²) in [7, 11) is 0. The molecule has 2 aromatic rings. The standard InChI is InChI=1S/C18H24N4O3/c1-11(2)22-16-12(10-20-22)8-13(9-19-16)17(23)21-15-7-5-3-4-6-14(15)18(24)25/h8-11,14-15H,3-7H2,1-2H3,(H,21,23)(H,24,25)/t14-,15+/m1/s1. The van der Waals surface area contributed by atoms with Crippen LogP contribution in [0.15, 0.2) is 18.5 Å². The van der Waals surface area contributed by atoms with Gasteiger partial charge in [-0.1, -0.05) is 19.3 Å². The van der Waals surface area contributed by atoms with E-state index in [1.807, 2.05) is 18.5 Å². The summed E-state index contributed by atoms with van der Waals surface area (Å²) in [6.45, 7) is 4.04. The molecule has 134 valence electrons. The zero-order valence-electron chi connectivity index (χ0n) is 14.6. The van der Waals surface area contributed by atoms with Gasteiger partial charge in [-0.3, -0.25) is 9.59 Å². The SMILES string of the molecule is CC(C)n1ncc2cc(C(=O)N[C@H]3CCCCC[C@H]3C(=O)O)cnc21. The fourth-order valence-electron chi connectivity index (χ4n) is 3.47. The molecule has 25 heavy (non-hydrogen) atoms. The van der Waals surface area contributed by atoms with E-state index in [1.54, 1.807) is 12.3 Å². The first-order valence-electron chi connectivity index (χ1n) is 8.84. The molecule has 2 atom stereocenters. The van der Waals surface area contributed by atoms with Crippen LogP contribution < -0.4 is 5.32 Å². The molecule has 1 aliphatic carbocycles. The highest BCUT2D eigenvalue weighted by Crippen LogP contribution is 2.24. The van der Waals surface area contributed by atoms with Crippen molar-refractivity contribution < 1.29 is 14.7 Å². The second-order valence-corrected chi connectivity index (χ2v) is 6.98. The summed E-state index contributed by atoms with van der Waals surface area (Å²) in [5, 5.41) is 17.5. The van der Waals surface area contributed by atoms with Crippen LogP contribution in [0.5, 0.6) is 0 Å². The van der Waals surface area contributed by atoms with E-state index in [9.17, 15) is 14.7 Å². The summed E-state index contributed by atoms with van der Waals surface area (Å²) in [4.78, 5) is 28.5. The lowest BCUT2D eigenvalue weighted by Gasteiger charge is -2.22. The Kier molecular flexibility index (Phi) is 5.01. The van der Waals surface area contributed by atoms with Gasteiger partial charge in [0.1, 0.15) is 0 Å². The molecule has 0 spiro atoms. The average molecular weight is 344 g/mol. The van der Waals surface area contributed by atoms with Gasteiger partial charge in [-0.05, 0) is 32.8 Å². The highest BCUT2D eigenvalue weighted by atomic mass is 16.4. The number of aromatic nitrogens is 3. The molecule has 0 unspecified atom stereocenters. The number of carboxylic acid groups (broad SMARTS) is 1. The third-order valence-electron chi connectivity index (χ3n) is 4.83. The van der Waals surface area contributed by atoms with E-state index >= 15 is 0 Å². The Labute approximate surface area is 146 Å². The van der Waals surface area contributed by atoms with Crippen molar-refractivity contribution in [2.45, 2.75) is 58.0 Å². The number of hydrogen-bond donors (Lipinski definition) is 2. The molecule has 0 aliphatic heterocycles. The van der Waals surface area contributed by atoms with Gasteiger partial charge in [-0.2, -0.15) is 5.10 Å². The third kappa shape index (κ3) is 3.65. The van der Waals surface area contributed by atoms with Crippen molar-refractivity contribution >= 4 is 22.9 Å². The maximum absolute atomic E-state index is 12.6. The Morgan fingerprint density at radius 1 is 1.24 bits per heavy atom. The van der Waals surface area contributed by atoms with Crippen LogP contribution >= 0.6 is 0 Å². The molecule has 1 aliphatic rings. The van der Waals surface area contributed by atoms with Gasteiger partial charge in [0.15, 0.2) is 5.65 Å². The zero-order chi connectivity index (χ0) is 18.0. The lowest BCUT2D eigenvalue weighted by Crippen LogP contribution is -2.42. The van der Waals surface area contributed by atoms with Gasteiger partial charge in [0.2, 0.25) is 0 Å². The van der Waals surface area contributed by atoms with Gasteiger partial charge >= 0.3 is 5.97 Å². The number of nitrogens with one attached hydrogen (secondary N) is 1. The molecule has 2 N–H and O–H groups in total. The summed E-state index contributed by atoms with van der Waals surface area (Å²) < 4.78 is 1.81. The minimum Gasteiger partial charge on any atom is -0.481 e. The lowest BCUT2D eigenvalue weighted by molar-refractivity contribution is -0.142. The van der Waals surface area contributed by atoms with Gasteiger partial charge in [0.05, 0.1) is 17.7 Å². The Hall–Kier alpha value is -2.44. The smallest absolute Gasteiger partial charge is 0.308 e. The number of amides is 1. The number of aliphatic carboxylic acids is 1. The van der Waals surface area contributed by atoms with Crippen molar-refractivity contribution in [2.24, 2.45) is 5.92 Å². The predicted octanol–water partition coefficient (Wildman–Crippen LogP) is 2.78. The number of fused-ring (bicyclic) bond motifs is 1.